The van der Waals surface area contributed by atoms with Gasteiger partial charge in [0.25, 0.3) is 0 Å². The maximum absolute atomic E-state index is 5.39. The number of hydrogen-bond acceptors (Lipinski definition) is 4. The monoisotopic (exact) mass is 297 g/mol. The number of hydrogen-bond donors (Lipinski definition) is 0. The minimum atomic E-state index is 0.135. The second kappa shape index (κ2) is 3.84. The van der Waals surface area contributed by atoms with Crippen LogP contribution in [0.2, 0.25) is 0 Å². The van der Waals surface area contributed by atoms with Crippen molar-refractivity contribution in [2.45, 2.75) is 11.8 Å². The Balaban J connectivity index is 1.78. The molecule has 7 rings (SSSR count). The van der Waals surface area contributed by atoms with Gasteiger partial charge in [-0.25, -0.2) is 9.97 Å². The maximum atomic E-state index is 5.39. The number of benzene rings is 1. The highest BCUT2D eigenvalue weighted by Gasteiger charge is 2.42. The van der Waals surface area contributed by atoms with Crippen LogP contribution in [0.5, 0.6) is 0 Å². The lowest BCUT2D eigenvalue weighted by Gasteiger charge is -2.40. The molecule has 2 atom stereocenters. The zero-order chi connectivity index (χ0) is 15.0. The maximum Gasteiger partial charge on any atom is 0.115 e. The van der Waals surface area contributed by atoms with E-state index in [0.717, 1.165) is 16.5 Å². The predicted octanol–water partition coefficient (Wildman–Crippen LogP) is 3.61. The van der Waals surface area contributed by atoms with Crippen LogP contribution < -0.4 is 0 Å². The second-order valence-electron chi connectivity index (χ2n) is 6.22. The van der Waals surface area contributed by atoms with Crippen molar-refractivity contribution in [2.24, 2.45) is 0 Å². The van der Waals surface area contributed by atoms with Gasteiger partial charge in [0.2, 0.25) is 0 Å². The summed E-state index contributed by atoms with van der Waals surface area (Å²) in [7, 11) is 0. The molecule has 0 saturated heterocycles. The van der Waals surface area contributed by atoms with Gasteiger partial charge in [0.1, 0.15) is 6.33 Å². The fraction of sp³-hybridized carbons (Fsp3) is 0.105. The number of aromatic nitrogens is 3. The largest absolute Gasteiger partial charge is 0.471 e. The molecule has 0 amide bonds. The van der Waals surface area contributed by atoms with Gasteiger partial charge in [-0.2, -0.15) is 0 Å². The van der Waals surface area contributed by atoms with E-state index in [1.165, 1.54) is 27.8 Å². The molecule has 0 N–H and O–H groups in total. The topological polar surface area (TPSA) is 51.8 Å². The van der Waals surface area contributed by atoms with Crippen molar-refractivity contribution in [1.29, 1.82) is 0 Å². The Hall–Kier alpha value is -3.01. The molecule has 0 fully saturated rings. The molecule has 3 aliphatic carbocycles. The molecule has 0 radical (unpaired) electrons. The molecule has 3 aliphatic rings. The molecule has 3 heterocycles. The van der Waals surface area contributed by atoms with Crippen molar-refractivity contribution in [3.05, 3.63) is 89.2 Å². The molecular formula is C19H11N3O. The Bertz CT molecular complexity index is 967. The number of pyridine rings is 1. The third kappa shape index (κ3) is 1.30. The van der Waals surface area contributed by atoms with Crippen LogP contribution in [-0.4, -0.2) is 15.0 Å². The second-order valence-corrected chi connectivity index (χ2v) is 6.22. The van der Waals surface area contributed by atoms with Gasteiger partial charge in [-0.3, -0.25) is 4.98 Å². The first-order chi connectivity index (χ1) is 11.4. The predicted molar refractivity (Wildman–Crippen MR) is 84.4 cm³/mol. The van der Waals surface area contributed by atoms with E-state index >= 15 is 0 Å². The Morgan fingerprint density at radius 3 is 2.43 bits per heavy atom. The van der Waals surface area contributed by atoms with Crippen molar-refractivity contribution >= 4 is 10.8 Å². The van der Waals surface area contributed by atoms with Crippen LogP contribution in [0.25, 0.3) is 10.8 Å². The summed E-state index contributed by atoms with van der Waals surface area (Å²) >= 11 is 0. The first-order valence-corrected chi connectivity index (χ1v) is 7.65. The smallest absolute Gasteiger partial charge is 0.115 e. The van der Waals surface area contributed by atoms with Crippen LogP contribution in [0.1, 0.15) is 45.3 Å². The lowest BCUT2D eigenvalue weighted by molar-refractivity contribution is 0.572. The van der Waals surface area contributed by atoms with Crippen LogP contribution in [0.15, 0.2) is 60.1 Å². The standard InChI is InChI=1S/C19H11N3O/c1-2-20-5-15-12(1)17-13-3-10-7-23-8-11(10)4-14(13)18(15)19-16(17)6-21-9-22-19/h1-9,17-18H. The number of rotatable bonds is 0. The first kappa shape index (κ1) is 11.5. The Morgan fingerprint density at radius 1 is 0.783 bits per heavy atom. The third-order valence-corrected chi connectivity index (χ3v) is 5.17. The van der Waals surface area contributed by atoms with Crippen molar-refractivity contribution < 1.29 is 4.42 Å². The van der Waals surface area contributed by atoms with Crippen molar-refractivity contribution in [3.63, 3.8) is 0 Å². The summed E-state index contributed by atoms with van der Waals surface area (Å²) in [6.45, 7) is 0. The summed E-state index contributed by atoms with van der Waals surface area (Å²) in [6.07, 6.45) is 11.1. The van der Waals surface area contributed by atoms with E-state index in [1.807, 2.05) is 31.1 Å². The molecule has 3 aromatic heterocycles. The Labute approximate surface area is 131 Å². The lowest BCUT2D eigenvalue weighted by Crippen LogP contribution is -2.28. The first-order valence-electron chi connectivity index (χ1n) is 7.65. The summed E-state index contributed by atoms with van der Waals surface area (Å²) in [5.74, 6) is 0.319. The molecule has 1 aromatic carbocycles. The van der Waals surface area contributed by atoms with Crippen LogP contribution in [0, 0.1) is 0 Å². The Morgan fingerprint density at radius 2 is 1.57 bits per heavy atom. The van der Waals surface area contributed by atoms with Crippen LogP contribution in [0.3, 0.4) is 0 Å². The van der Waals surface area contributed by atoms with Gasteiger partial charge in [0.05, 0.1) is 24.1 Å². The molecule has 4 heteroatoms. The van der Waals surface area contributed by atoms with Gasteiger partial charge in [-0.05, 0) is 40.5 Å². The summed E-state index contributed by atoms with van der Waals surface area (Å²) in [5.41, 5.74) is 7.56. The zero-order valence-electron chi connectivity index (χ0n) is 12.1. The molecule has 23 heavy (non-hydrogen) atoms. The van der Waals surface area contributed by atoms with Crippen molar-refractivity contribution in [3.8, 4) is 0 Å². The summed E-state index contributed by atoms with van der Waals surface area (Å²) in [6, 6.07) is 6.63. The summed E-state index contributed by atoms with van der Waals surface area (Å²) in [4.78, 5) is 13.2. The average molecular weight is 297 g/mol. The minimum Gasteiger partial charge on any atom is -0.471 e. The molecule has 2 bridgehead atoms. The molecule has 0 aliphatic heterocycles. The quantitative estimate of drug-likeness (QED) is 0.430. The van der Waals surface area contributed by atoms with E-state index in [2.05, 4.69) is 33.2 Å². The van der Waals surface area contributed by atoms with E-state index in [-0.39, 0.29) is 11.8 Å². The highest BCUT2D eigenvalue weighted by molar-refractivity contribution is 5.85. The lowest BCUT2D eigenvalue weighted by atomic mass is 9.63. The average Bonchev–Trinajstić information content (AvgIpc) is 3.06. The molecule has 0 saturated carbocycles. The molecule has 0 spiro atoms. The normalized spacial score (nSPS) is 20.2. The summed E-state index contributed by atoms with van der Waals surface area (Å²) in [5, 5.41) is 2.28. The summed E-state index contributed by atoms with van der Waals surface area (Å²) < 4.78 is 5.39. The van der Waals surface area contributed by atoms with E-state index < -0.39 is 0 Å². The minimum absolute atomic E-state index is 0.135. The number of furan rings is 1. The molecular weight excluding hydrogens is 286 g/mol. The van der Waals surface area contributed by atoms with E-state index in [9.17, 15) is 0 Å². The van der Waals surface area contributed by atoms with Gasteiger partial charge in [-0.15, -0.1) is 0 Å². The molecule has 4 aromatic rings. The SMILES string of the molecule is c1cc2c(cn1)C1c3cc4cocc4cc3C2c2cncnc21. The fourth-order valence-electron chi connectivity index (χ4n) is 4.25. The molecule has 2 unspecified atom stereocenters. The van der Waals surface area contributed by atoms with E-state index in [4.69, 9.17) is 4.42 Å². The van der Waals surface area contributed by atoms with E-state index in [1.54, 1.807) is 6.33 Å². The highest BCUT2D eigenvalue weighted by atomic mass is 16.3. The van der Waals surface area contributed by atoms with Crippen LogP contribution in [-0.2, 0) is 0 Å². The van der Waals surface area contributed by atoms with Crippen molar-refractivity contribution in [2.75, 3.05) is 0 Å². The molecule has 108 valence electrons. The van der Waals surface area contributed by atoms with Crippen LogP contribution in [0.4, 0.5) is 0 Å². The van der Waals surface area contributed by atoms with Gasteiger partial charge >= 0.3 is 0 Å². The number of fused-ring (bicyclic) bond motifs is 1. The van der Waals surface area contributed by atoms with Gasteiger partial charge < -0.3 is 4.42 Å². The number of nitrogens with zero attached hydrogens (tertiary/aromatic N) is 3. The third-order valence-electron chi connectivity index (χ3n) is 5.17. The van der Waals surface area contributed by atoms with Crippen LogP contribution >= 0.6 is 0 Å². The van der Waals surface area contributed by atoms with Gasteiger partial charge in [-0.1, -0.05) is 0 Å². The highest BCUT2D eigenvalue weighted by Crippen LogP contribution is 2.55. The molecule has 4 nitrogen and oxygen atoms in total. The van der Waals surface area contributed by atoms with Gasteiger partial charge in [0, 0.05) is 40.8 Å². The fourth-order valence-corrected chi connectivity index (χ4v) is 4.25. The Kier molecular flexibility index (Phi) is 1.93. The van der Waals surface area contributed by atoms with Gasteiger partial charge in [0.15, 0.2) is 0 Å². The van der Waals surface area contributed by atoms with E-state index in [0.29, 0.717) is 0 Å². The zero-order valence-corrected chi connectivity index (χ0v) is 12.1. The van der Waals surface area contributed by atoms with Crippen molar-refractivity contribution in [1.82, 2.24) is 15.0 Å².